The smallest absolute Gasteiger partial charge is 0.126 e. The number of aliphatic hydroxyl groups excluding tert-OH is 1. The summed E-state index contributed by atoms with van der Waals surface area (Å²) in [6.07, 6.45) is 6.25. The van der Waals surface area contributed by atoms with Gasteiger partial charge in [0.05, 0.1) is 11.6 Å². The van der Waals surface area contributed by atoms with Crippen LogP contribution < -0.4 is 5.32 Å². The van der Waals surface area contributed by atoms with Gasteiger partial charge in [0.25, 0.3) is 0 Å². The Morgan fingerprint density at radius 2 is 1.84 bits per heavy atom. The minimum absolute atomic E-state index is 0.0294. The quantitative estimate of drug-likeness (QED) is 0.741. The molecular weight excluding hydrogens is 340 g/mol. The van der Waals surface area contributed by atoms with Gasteiger partial charge in [0.2, 0.25) is 0 Å². The first-order valence-corrected chi connectivity index (χ1v) is 9.87. The number of aryl methyl sites for hydroxylation is 1. The number of hydrogen-bond donors (Lipinski definition) is 2. The maximum Gasteiger partial charge on any atom is 0.126 e. The number of aliphatic hydroxyl groups is 1. The zero-order valence-corrected chi connectivity index (χ0v) is 15.1. The van der Waals surface area contributed by atoms with Crippen LogP contribution in [0.15, 0.2) is 35.7 Å². The van der Waals surface area contributed by atoms with E-state index in [0.29, 0.717) is 24.9 Å². The molecule has 25 heavy (non-hydrogen) atoms. The minimum atomic E-state index is -0.568. The third kappa shape index (κ3) is 4.87. The van der Waals surface area contributed by atoms with Gasteiger partial charge in [0.1, 0.15) is 11.6 Å². The Morgan fingerprint density at radius 1 is 1.12 bits per heavy atom. The summed E-state index contributed by atoms with van der Waals surface area (Å²) in [4.78, 5) is 1.34. The van der Waals surface area contributed by atoms with Crippen molar-refractivity contribution in [1.82, 2.24) is 5.32 Å². The summed E-state index contributed by atoms with van der Waals surface area (Å²) in [5.74, 6) is -1.14. The molecule has 0 bridgehead atoms. The topological polar surface area (TPSA) is 32.3 Å². The molecule has 136 valence electrons. The molecule has 3 rings (SSSR count). The fourth-order valence-electron chi connectivity index (χ4n) is 3.72. The van der Waals surface area contributed by atoms with Gasteiger partial charge in [-0.05, 0) is 54.8 Å². The van der Waals surface area contributed by atoms with Crippen molar-refractivity contribution in [3.8, 4) is 0 Å². The summed E-state index contributed by atoms with van der Waals surface area (Å²) in [5.41, 5.74) is 0.556. The Hall–Kier alpha value is -1.30. The molecule has 1 aliphatic rings. The van der Waals surface area contributed by atoms with Crippen molar-refractivity contribution in [2.75, 3.05) is 6.54 Å². The van der Waals surface area contributed by atoms with Crippen molar-refractivity contribution in [3.05, 3.63) is 57.8 Å². The number of hydrogen-bond acceptors (Lipinski definition) is 3. The molecule has 0 saturated heterocycles. The van der Waals surface area contributed by atoms with E-state index in [-0.39, 0.29) is 5.54 Å². The minimum Gasteiger partial charge on any atom is -0.392 e. The van der Waals surface area contributed by atoms with Crippen LogP contribution in [0.2, 0.25) is 0 Å². The largest absolute Gasteiger partial charge is 0.392 e. The third-order valence-corrected chi connectivity index (χ3v) is 6.14. The number of halogens is 2. The molecule has 1 atom stereocenters. The van der Waals surface area contributed by atoms with Crippen molar-refractivity contribution in [2.45, 2.75) is 56.6 Å². The van der Waals surface area contributed by atoms with Gasteiger partial charge in [-0.1, -0.05) is 25.3 Å². The molecule has 0 amide bonds. The molecule has 1 heterocycles. The first-order chi connectivity index (χ1) is 12.1. The van der Waals surface area contributed by atoms with Crippen LogP contribution in [0.1, 0.15) is 49.0 Å². The van der Waals surface area contributed by atoms with E-state index in [1.165, 1.54) is 36.3 Å². The van der Waals surface area contributed by atoms with E-state index in [1.807, 2.05) is 0 Å². The van der Waals surface area contributed by atoms with Crippen molar-refractivity contribution in [1.29, 1.82) is 0 Å². The highest BCUT2D eigenvalue weighted by molar-refractivity contribution is 7.10. The Kier molecular flexibility index (Phi) is 6.20. The van der Waals surface area contributed by atoms with Crippen molar-refractivity contribution < 1.29 is 13.9 Å². The van der Waals surface area contributed by atoms with Gasteiger partial charge in [-0.15, -0.1) is 11.3 Å². The van der Waals surface area contributed by atoms with Crippen LogP contribution in [0.4, 0.5) is 8.78 Å². The average molecular weight is 365 g/mol. The van der Waals surface area contributed by atoms with Crippen LogP contribution in [-0.4, -0.2) is 17.8 Å². The first kappa shape index (κ1) is 18.5. The summed E-state index contributed by atoms with van der Waals surface area (Å²) in [7, 11) is 0. The lowest BCUT2D eigenvalue weighted by Crippen LogP contribution is -2.46. The Morgan fingerprint density at radius 3 is 2.48 bits per heavy atom. The van der Waals surface area contributed by atoms with Gasteiger partial charge in [-0.25, -0.2) is 8.78 Å². The molecule has 0 aliphatic heterocycles. The second kappa shape index (κ2) is 8.39. The first-order valence-electron chi connectivity index (χ1n) is 8.99. The maximum atomic E-state index is 13.2. The molecule has 5 heteroatoms. The van der Waals surface area contributed by atoms with Crippen LogP contribution in [-0.2, 0) is 12.0 Å². The Bertz CT molecular complexity index is 648. The highest BCUT2D eigenvalue weighted by Crippen LogP contribution is 2.39. The van der Waals surface area contributed by atoms with Gasteiger partial charge in [-0.2, -0.15) is 0 Å². The molecule has 1 aliphatic carbocycles. The summed E-state index contributed by atoms with van der Waals surface area (Å²) >= 11 is 1.77. The second-order valence-electron chi connectivity index (χ2n) is 6.97. The highest BCUT2D eigenvalue weighted by Gasteiger charge is 2.34. The van der Waals surface area contributed by atoms with Gasteiger partial charge in [-0.3, -0.25) is 0 Å². The molecule has 2 N–H and O–H groups in total. The molecule has 0 unspecified atom stereocenters. The lowest BCUT2D eigenvalue weighted by molar-refractivity contribution is 0.133. The van der Waals surface area contributed by atoms with E-state index in [2.05, 4.69) is 22.8 Å². The van der Waals surface area contributed by atoms with Gasteiger partial charge in [0, 0.05) is 17.5 Å². The lowest BCUT2D eigenvalue weighted by Gasteiger charge is -2.38. The van der Waals surface area contributed by atoms with E-state index >= 15 is 0 Å². The summed E-state index contributed by atoms with van der Waals surface area (Å²) in [6.45, 7) is 0.496. The van der Waals surface area contributed by atoms with Crippen LogP contribution >= 0.6 is 11.3 Å². The molecule has 1 fully saturated rings. The molecule has 0 radical (unpaired) electrons. The van der Waals surface area contributed by atoms with Crippen molar-refractivity contribution in [3.63, 3.8) is 0 Å². The van der Waals surface area contributed by atoms with E-state index in [0.717, 1.165) is 18.9 Å². The lowest BCUT2D eigenvalue weighted by atomic mass is 9.80. The van der Waals surface area contributed by atoms with Gasteiger partial charge in [0.15, 0.2) is 0 Å². The van der Waals surface area contributed by atoms with Gasteiger partial charge >= 0.3 is 0 Å². The summed E-state index contributed by atoms with van der Waals surface area (Å²) < 4.78 is 26.5. The predicted molar refractivity (Wildman–Crippen MR) is 97.8 cm³/mol. The maximum absolute atomic E-state index is 13.2. The average Bonchev–Trinajstić information content (AvgIpc) is 3.13. The fourth-order valence-corrected chi connectivity index (χ4v) is 4.68. The van der Waals surface area contributed by atoms with Crippen LogP contribution in [0.25, 0.3) is 0 Å². The number of thiophene rings is 1. The van der Waals surface area contributed by atoms with Crippen LogP contribution in [0.3, 0.4) is 0 Å². The van der Waals surface area contributed by atoms with Crippen LogP contribution in [0.5, 0.6) is 0 Å². The number of nitrogens with one attached hydrogen (secondary N) is 1. The third-order valence-electron chi connectivity index (χ3n) is 5.06. The number of benzene rings is 1. The second-order valence-corrected chi connectivity index (χ2v) is 7.92. The molecule has 1 aromatic carbocycles. The van der Waals surface area contributed by atoms with E-state index < -0.39 is 17.7 Å². The highest BCUT2D eigenvalue weighted by atomic mass is 32.1. The van der Waals surface area contributed by atoms with E-state index in [4.69, 9.17) is 0 Å². The summed E-state index contributed by atoms with van der Waals surface area (Å²) in [6, 6.07) is 7.78. The van der Waals surface area contributed by atoms with Gasteiger partial charge < -0.3 is 10.4 Å². The predicted octanol–water partition coefficient (Wildman–Crippen LogP) is 4.77. The molecule has 1 aromatic heterocycles. The normalized spacial score (nSPS) is 18.2. The van der Waals surface area contributed by atoms with Crippen LogP contribution in [0, 0.1) is 11.6 Å². The summed E-state index contributed by atoms with van der Waals surface area (Å²) in [5, 5.41) is 16.1. The standard InChI is InChI=1S/C20H25F2NOS/c21-16-11-15(12-17(22)13-16)6-7-18(24)14-23-20(8-2-1-3-9-20)19-5-4-10-25-19/h4-5,10-13,18,23-24H,1-3,6-9,14H2/t18-/m0/s1. The molecule has 0 spiro atoms. The zero-order valence-electron chi connectivity index (χ0n) is 14.3. The molecule has 2 aromatic rings. The molecule has 1 saturated carbocycles. The molecular formula is C20H25F2NOS. The molecule has 2 nitrogen and oxygen atoms in total. The van der Waals surface area contributed by atoms with Crippen molar-refractivity contribution in [2.24, 2.45) is 0 Å². The Labute approximate surface area is 151 Å². The SMILES string of the molecule is O[C@@H](CCc1cc(F)cc(F)c1)CNC1(c2cccs2)CCCCC1. The fraction of sp³-hybridized carbons (Fsp3) is 0.500. The Balaban J connectivity index is 1.55. The van der Waals surface area contributed by atoms with E-state index in [9.17, 15) is 13.9 Å². The zero-order chi connectivity index (χ0) is 17.7. The van der Waals surface area contributed by atoms with E-state index in [1.54, 1.807) is 11.3 Å². The monoisotopic (exact) mass is 365 g/mol. The number of rotatable bonds is 7. The van der Waals surface area contributed by atoms with Crippen molar-refractivity contribution >= 4 is 11.3 Å².